The van der Waals surface area contributed by atoms with Gasteiger partial charge in [-0.1, -0.05) is 0 Å². The first kappa shape index (κ1) is 11.7. The van der Waals surface area contributed by atoms with E-state index in [-0.39, 0.29) is 11.4 Å². The molecular weight excluding hydrogens is 244 g/mol. The molecule has 17 heavy (non-hydrogen) atoms. The van der Waals surface area contributed by atoms with E-state index in [1.54, 1.807) is 6.92 Å². The summed E-state index contributed by atoms with van der Waals surface area (Å²) >= 11 is 0. The molecule has 0 aliphatic carbocycles. The maximum Gasteiger partial charge on any atom is 0.246 e. The zero-order chi connectivity index (χ0) is 12.5. The van der Waals surface area contributed by atoms with E-state index >= 15 is 0 Å². The lowest BCUT2D eigenvalue weighted by molar-refractivity contribution is 0.457. The quantitative estimate of drug-likeness (QED) is 0.777. The third kappa shape index (κ3) is 2.34. The molecule has 2 heterocycles. The predicted octanol–water partition coefficient (Wildman–Crippen LogP) is -0.343. The van der Waals surface area contributed by atoms with Crippen LogP contribution in [0.3, 0.4) is 0 Å². The van der Waals surface area contributed by atoms with Crippen LogP contribution >= 0.6 is 0 Å². The molecule has 0 saturated carbocycles. The summed E-state index contributed by atoms with van der Waals surface area (Å²) in [6, 6.07) is 0. The molecule has 0 fully saturated rings. The fraction of sp³-hybridized carbons (Fsp3) is 0.375. The third-order valence-electron chi connectivity index (χ3n) is 2.19. The number of nitrogens with one attached hydrogen (secondary N) is 2. The van der Waals surface area contributed by atoms with Gasteiger partial charge < -0.3 is 0 Å². The average Bonchev–Trinajstić information content (AvgIpc) is 2.89. The molecule has 9 heteroatoms. The Morgan fingerprint density at radius 3 is 2.76 bits per heavy atom. The minimum atomic E-state index is -3.54. The van der Waals surface area contributed by atoms with Crippen LogP contribution in [0.4, 0.5) is 0 Å². The normalized spacial score (nSPS) is 12.2. The highest BCUT2D eigenvalue weighted by molar-refractivity contribution is 7.89. The molecule has 0 unspecified atom stereocenters. The summed E-state index contributed by atoms with van der Waals surface area (Å²) < 4.78 is 25.2. The van der Waals surface area contributed by atoms with Gasteiger partial charge in [-0.15, -0.1) is 0 Å². The summed E-state index contributed by atoms with van der Waals surface area (Å²) in [5.41, 5.74) is 0. The number of hydrogen-bond donors (Lipinski definition) is 2. The number of aromatic amines is 2. The summed E-state index contributed by atoms with van der Waals surface area (Å²) in [5.74, 6) is 1.08. The van der Waals surface area contributed by atoms with E-state index in [1.807, 2.05) is 0 Å². The predicted molar refractivity (Wildman–Crippen MR) is 58.4 cm³/mol. The van der Waals surface area contributed by atoms with Crippen molar-refractivity contribution in [2.24, 2.45) is 0 Å². The van der Waals surface area contributed by atoms with Gasteiger partial charge in [-0.3, -0.25) is 10.2 Å². The van der Waals surface area contributed by atoms with Crippen LogP contribution in [0.15, 0.2) is 17.3 Å². The second-order valence-electron chi connectivity index (χ2n) is 3.53. The molecule has 0 radical (unpaired) electrons. The third-order valence-corrected chi connectivity index (χ3v) is 3.96. The lowest BCUT2D eigenvalue weighted by Gasteiger charge is -2.13. The molecule has 2 aromatic heterocycles. The minimum Gasteiger partial charge on any atom is -0.284 e. The molecule has 2 rings (SSSR count). The van der Waals surface area contributed by atoms with Crippen molar-refractivity contribution in [3.63, 3.8) is 0 Å². The largest absolute Gasteiger partial charge is 0.284 e. The molecule has 0 aromatic carbocycles. The van der Waals surface area contributed by atoms with Gasteiger partial charge in [0, 0.05) is 13.2 Å². The summed E-state index contributed by atoms with van der Waals surface area (Å²) in [6.45, 7) is 1.86. The Kier molecular flexibility index (Phi) is 2.94. The van der Waals surface area contributed by atoms with Crippen LogP contribution < -0.4 is 0 Å². The van der Waals surface area contributed by atoms with Gasteiger partial charge in [-0.25, -0.2) is 13.4 Å². The standard InChI is InChI=1S/C8H12N6O2S/c1-6-11-8(13-12-6)5-14(2)17(15,16)7-3-9-10-4-7/h3-4H,5H2,1-2H3,(H,9,10)(H,11,12,13). The van der Waals surface area contributed by atoms with Crippen LogP contribution in [0, 0.1) is 6.92 Å². The van der Waals surface area contributed by atoms with E-state index in [0.717, 1.165) is 0 Å². The molecule has 8 nitrogen and oxygen atoms in total. The first-order valence-corrected chi connectivity index (χ1v) is 6.27. The van der Waals surface area contributed by atoms with Gasteiger partial charge in [-0.2, -0.15) is 14.5 Å². The molecule has 2 N–H and O–H groups in total. The Balaban J connectivity index is 2.18. The maximum absolute atomic E-state index is 12.0. The Hall–Kier alpha value is -1.74. The van der Waals surface area contributed by atoms with Crippen molar-refractivity contribution in [3.05, 3.63) is 24.0 Å². The highest BCUT2D eigenvalue weighted by atomic mass is 32.2. The number of hydrogen-bond acceptors (Lipinski definition) is 5. The lowest BCUT2D eigenvalue weighted by atomic mass is 10.6. The van der Waals surface area contributed by atoms with Crippen molar-refractivity contribution in [1.29, 1.82) is 0 Å². The van der Waals surface area contributed by atoms with Crippen molar-refractivity contribution in [1.82, 2.24) is 29.7 Å². The van der Waals surface area contributed by atoms with Crippen molar-refractivity contribution in [3.8, 4) is 0 Å². The van der Waals surface area contributed by atoms with E-state index in [4.69, 9.17) is 0 Å². The molecular formula is C8H12N6O2S. The minimum absolute atomic E-state index is 0.109. The SMILES string of the molecule is Cc1nc(CN(C)S(=O)(=O)c2cn[nH]c2)n[nH]1. The van der Waals surface area contributed by atoms with Crippen LogP contribution in [-0.2, 0) is 16.6 Å². The zero-order valence-corrected chi connectivity index (χ0v) is 10.2. The number of sulfonamides is 1. The van der Waals surface area contributed by atoms with E-state index in [2.05, 4.69) is 25.4 Å². The highest BCUT2D eigenvalue weighted by Gasteiger charge is 2.22. The van der Waals surface area contributed by atoms with Crippen LogP contribution in [0.25, 0.3) is 0 Å². The topological polar surface area (TPSA) is 108 Å². The Morgan fingerprint density at radius 1 is 1.47 bits per heavy atom. The second-order valence-corrected chi connectivity index (χ2v) is 5.58. The lowest BCUT2D eigenvalue weighted by Crippen LogP contribution is -2.26. The summed E-state index contributed by atoms with van der Waals surface area (Å²) in [4.78, 5) is 4.17. The summed E-state index contributed by atoms with van der Waals surface area (Å²) in [7, 11) is -2.07. The molecule has 0 spiro atoms. The number of nitrogens with zero attached hydrogens (tertiary/aromatic N) is 4. The van der Waals surface area contributed by atoms with Gasteiger partial charge in [0.25, 0.3) is 0 Å². The number of aromatic nitrogens is 5. The van der Waals surface area contributed by atoms with Crippen molar-refractivity contribution >= 4 is 10.0 Å². The summed E-state index contributed by atoms with van der Waals surface area (Å²) in [6.07, 6.45) is 2.59. The fourth-order valence-electron chi connectivity index (χ4n) is 1.30. The van der Waals surface area contributed by atoms with Gasteiger partial charge in [0.05, 0.1) is 12.7 Å². The van der Waals surface area contributed by atoms with Gasteiger partial charge in [0.15, 0.2) is 5.82 Å². The molecule has 2 aromatic rings. The first-order valence-electron chi connectivity index (χ1n) is 4.83. The highest BCUT2D eigenvalue weighted by Crippen LogP contribution is 2.13. The Morgan fingerprint density at radius 2 is 2.24 bits per heavy atom. The van der Waals surface area contributed by atoms with Crippen molar-refractivity contribution < 1.29 is 8.42 Å². The average molecular weight is 256 g/mol. The van der Waals surface area contributed by atoms with Gasteiger partial charge in [0.1, 0.15) is 10.7 Å². The van der Waals surface area contributed by atoms with Crippen molar-refractivity contribution in [2.45, 2.75) is 18.4 Å². The second kappa shape index (κ2) is 4.26. The van der Waals surface area contributed by atoms with Crippen LogP contribution in [0.2, 0.25) is 0 Å². The Bertz CT molecular complexity index is 587. The number of H-pyrrole nitrogens is 2. The first-order chi connectivity index (χ1) is 8.00. The van der Waals surface area contributed by atoms with Crippen LogP contribution in [0.5, 0.6) is 0 Å². The van der Waals surface area contributed by atoms with Crippen molar-refractivity contribution in [2.75, 3.05) is 7.05 Å². The molecule has 0 aliphatic rings. The van der Waals surface area contributed by atoms with Crippen LogP contribution in [-0.4, -0.2) is 45.1 Å². The Labute approximate surface area is 98.1 Å². The maximum atomic E-state index is 12.0. The zero-order valence-electron chi connectivity index (χ0n) is 9.38. The number of rotatable bonds is 4. The molecule has 92 valence electrons. The van der Waals surface area contributed by atoms with E-state index in [1.165, 1.54) is 23.7 Å². The van der Waals surface area contributed by atoms with E-state index in [0.29, 0.717) is 11.6 Å². The molecule has 0 saturated heterocycles. The molecule has 0 atom stereocenters. The molecule has 0 bridgehead atoms. The smallest absolute Gasteiger partial charge is 0.246 e. The molecule has 0 amide bonds. The molecule has 0 aliphatic heterocycles. The fourth-order valence-corrected chi connectivity index (χ4v) is 2.34. The van der Waals surface area contributed by atoms with Crippen LogP contribution in [0.1, 0.15) is 11.6 Å². The van der Waals surface area contributed by atoms with E-state index in [9.17, 15) is 8.42 Å². The van der Waals surface area contributed by atoms with Gasteiger partial charge >= 0.3 is 0 Å². The summed E-state index contributed by atoms with van der Waals surface area (Å²) in [5, 5.41) is 12.6. The number of aryl methyl sites for hydroxylation is 1. The van der Waals surface area contributed by atoms with E-state index < -0.39 is 10.0 Å². The van der Waals surface area contributed by atoms with Gasteiger partial charge in [-0.05, 0) is 6.92 Å². The van der Waals surface area contributed by atoms with Gasteiger partial charge in [0.2, 0.25) is 10.0 Å². The monoisotopic (exact) mass is 256 g/mol.